The molecule has 3 heteroatoms. The molecule has 0 aliphatic heterocycles. The van der Waals surface area contributed by atoms with Crippen molar-refractivity contribution in [1.29, 1.82) is 0 Å². The fraction of sp³-hybridized carbons (Fsp3) is 0.294. The maximum Gasteiger partial charge on any atom is 0.117 e. The van der Waals surface area contributed by atoms with Crippen molar-refractivity contribution in [3.63, 3.8) is 0 Å². The highest BCUT2D eigenvalue weighted by atomic mass is 35.5. The molecule has 1 aliphatic rings. The first-order valence-corrected chi connectivity index (χ1v) is 7.30. The van der Waals surface area contributed by atoms with Crippen LogP contribution in [0.3, 0.4) is 0 Å². The zero-order chi connectivity index (χ0) is 14.1. The first kappa shape index (κ1) is 13.3. The fourth-order valence-corrected chi connectivity index (χ4v) is 3.36. The van der Waals surface area contributed by atoms with E-state index in [1.54, 1.807) is 18.2 Å². The summed E-state index contributed by atoms with van der Waals surface area (Å²) >= 11 is 6.30. The molecule has 1 atom stereocenters. The van der Waals surface area contributed by atoms with Crippen LogP contribution in [0.25, 0.3) is 0 Å². The quantitative estimate of drug-likeness (QED) is 0.763. The minimum absolute atomic E-state index is 0.247. The second-order valence-corrected chi connectivity index (χ2v) is 5.86. The van der Waals surface area contributed by atoms with E-state index in [2.05, 4.69) is 0 Å². The van der Waals surface area contributed by atoms with Crippen LogP contribution in [0, 0.1) is 0 Å². The molecule has 0 spiro atoms. The zero-order valence-corrected chi connectivity index (χ0v) is 11.9. The van der Waals surface area contributed by atoms with Crippen molar-refractivity contribution in [3.8, 4) is 11.5 Å². The lowest BCUT2D eigenvalue weighted by Crippen LogP contribution is -2.02. The number of halogens is 1. The van der Waals surface area contributed by atoms with E-state index in [9.17, 15) is 10.2 Å². The largest absolute Gasteiger partial charge is 0.508 e. The van der Waals surface area contributed by atoms with Gasteiger partial charge in [0.2, 0.25) is 0 Å². The number of phenolic OH excluding ortho intramolecular Hbond substituents is 2. The van der Waals surface area contributed by atoms with Gasteiger partial charge >= 0.3 is 0 Å². The Labute approximate surface area is 123 Å². The first-order valence-electron chi connectivity index (χ1n) is 6.92. The van der Waals surface area contributed by atoms with Gasteiger partial charge in [-0.1, -0.05) is 23.7 Å². The Morgan fingerprint density at radius 2 is 1.75 bits per heavy atom. The zero-order valence-electron chi connectivity index (χ0n) is 11.1. The maximum atomic E-state index is 9.66. The minimum atomic E-state index is 0.247. The smallest absolute Gasteiger partial charge is 0.117 e. The number of benzene rings is 2. The Bertz CT molecular complexity index is 620. The molecule has 1 unspecified atom stereocenters. The number of phenols is 2. The number of hydrogen-bond acceptors (Lipinski definition) is 2. The maximum absolute atomic E-state index is 9.66. The van der Waals surface area contributed by atoms with Gasteiger partial charge in [0.15, 0.2) is 0 Å². The van der Waals surface area contributed by atoms with Crippen molar-refractivity contribution < 1.29 is 10.2 Å². The lowest BCUT2D eigenvalue weighted by atomic mass is 9.90. The molecule has 0 aromatic heterocycles. The molecule has 2 nitrogen and oxygen atoms in total. The summed E-state index contributed by atoms with van der Waals surface area (Å²) in [5.41, 5.74) is 3.55. The van der Waals surface area contributed by atoms with Crippen molar-refractivity contribution in [2.45, 2.75) is 31.6 Å². The SMILES string of the molecule is Oc1ccc(C2CCCc3cc(O)cc(Cl)c3C2)cc1. The van der Waals surface area contributed by atoms with Crippen molar-refractivity contribution in [2.24, 2.45) is 0 Å². The Morgan fingerprint density at radius 1 is 1.00 bits per heavy atom. The molecule has 2 aromatic rings. The summed E-state index contributed by atoms with van der Waals surface area (Å²) < 4.78 is 0. The molecule has 20 heavy (non-hydrogen) atoms. The van der Waals surface area contributed by atoms with Gasteiger partial charge in [-0.3, -0.25) is 0 Å². The van der Waals surface area contributed by atoms with Gasteiger partial charge in [-0.2, -0.15) is 0 Å². The molecule has 3 rings (SSSR count). The summed E-state index contributed by atoms with van der Waals surface area (Å²) in [6.07, 6.45) is 4.02. The van der Waals surface area contributed by atoms with Crippen molar-refractivity contribution in [2.75, 3.05) is 0 Å². The lowest BCUT2D eigenvalue weighted by molar-refractivity contribution is 0.473. The third-order valence-electron chi connectivity index (χ3n) is 4.09. The normalized spacial score (nSPS) is 18.4. The third kappa shape index (κ3) is 2.61. The van der Waals surface area contributed by atoms with Crippen LogP contribution in [0.5, 0.6) is 11.5 Å². The number of aryl methyl sites for hydroxylation is 1. The molecule has 0 saturated heterocycles. The van der Waals surface area contributed by atoms with Crippen LogP contribution >= 0.6 is 11.6 Å². The van der Waals surface area contributed by atoms with Crippen LogP contribution in [-0.4, -0.2) is 10.2 Å². The van der Waals surface area contributed by atoms with Crippen LogP contribution in [0.2, 0.25) is 5.02 Å². The molecule has 104 valence electrons. The van der Waals surface area contributed by atoms with E-state index in [0.29, 0.717) is 16.7 Å². The molecule has 0 heterocycles. The predicted molar refractivity (Wildman–Crippen MR) is 80.6 cm³/mol. The molecule has 1 aliphatic carbocycles. The van der Waals surface area contributed by atoms with Crippen LogP contribution in [0.1, 0.15) is 35.4 Å². The van der Waals surface area contributed by atoms with E-state index in [1.807, 2.05) is 18.2 Å². The Hall–Kier alpha value is -1.67. The van der Waals surface area contributed by atoms with Gasteiger partial charge in [-0.25, -0.2) is 0 Å². The fourth-order valence-electron chi connectivity index (χ4n) is 3.05. The van der Waals surface area contributed by atoms with Gasteiger partial charge in [0.05, 0.1) is 0 Å². The molecule has 0 amide bonds. The van der Waals surface area contributed by atoms with E-state index >= 15 is 0 Å². The van der Waals surface area contributed by atoms with Crippen molar-refractivity contribution in [3.05, 3.63) is 58.1 Å². The topological polar surface area (TPSA) is 40.5 Å². The van der Waals surface area contributed by atoms with Crippen LogP contribution < -0.4 is 0 Å². The number of hydrogen-bond donors (Lipinski definition) is 2. The number of aromatic hydroxyl groups is 2. The highest BCUT2D eigenvalue weighted by Gasteiger charge is 2.21. The van der Waals surface area contributed by atoms with E-state index in [-0.39, 0.29) is 5.75 Å². The molecule has 2 N–H and O–H groups in total. The van der Waals surface area contributed by atoms with Crippen molar-refractivity contribution >= 4 is 11.6 Å². The van der Waals surface area contributed by atoms with E-state index in [1.165, 1.54) is 5.56 Å². The molecule has 0 radical (unpaired) electrons. The molecule has 0 bridgehead atoms. The lowest BCUT2D eigenvalue weighted by Gasteiger charge is -2.16. The molecule has 2 aromatic carbocycles. The van der Waals surface area contributed by atoms with Gasteiger partial charge in [0.25, 0.3) is 0 Å². The van der Waals surface area contributed by atoms with Gasteiger partial charge < -0.3 is 10.2 Å². The third-order valence-corrected chi connectivity index (χ3v) is 4.42. The second-order valence-electron chi connectivity index (χ2n) is 5.45. The van der Waals surface area contributed by atoms with Crippen LogP contribution in [-0.2, 0) is 12.8 Å². The standard InChI is InChI=1S/C17H17ClO2/c18-17-10-15(20)8-13-3-1-2-12(9-16(13)17)11-4-6-14(19)7-5-11/h4-8,10,12,19-20H,1-3,9H2. The average Bonchev–Trinajstić information content (AvgIpc) is 2.62. The van der Waals surface area contributed by atoms with Crippen LogP contribution in [0.4, 0.5) is 0 Å². The van der Waals surface area contributed by atoms with E-state index in [4.69, 9.17) is 11.6 Å². The Balaban J connectivity index is 1.95. The number of fused-ring (bicyclic) bond motifs is 1. The van der Waals surface area contributed by atoms with Gasteiger partial charge in [0, 0.05) is 5.02 Å². The molecular weight excluding hydrogens is 272 g/mol. The number of rotatable bonds is 1. The van der Waals surface area contributed by atoms with Crippen LogP contribution in [0.15, 0.2) is 36.4 Å². The van der Waals surface area contributed by atoms with Gasteiger partial charge in [-0.05, 0) is 72.6 Å². The highest BCUT2D eigenvalue weighted by Crippen LogP contribution is 2.37. The van der Waals surface area contributed by atoms with Gasteiger partial charge in [-0.15, -0.1) is 0 Å². The average molecular weight is 289 g/mol. The Kier molecular flexibility index (Phi) is 3.58. The molecule has 0 saturated carbocycles. The highest BCUT2D eigenvalue weighted by molar-refractivity contribution is 6.31. The molecule has 0 fully saturated rings. The first-order chi connectivity index (χ1) is 9.63. The molecular formula is C17H17ClO2. The monoisotopic (exact) mass is 288 g/mol. The minimum Gasteiger partial charge on any atom is -0.508 e. The summed E-state index contributed by atoms with van der Waals surface area (Å²) in [4.78, 5) is 0. The summed E-state index contributed by atoms with van der Waals surface area (Å²) in [5, 5.41) is 19.7. The second kappa shape index (κ2) is 5.37. The summed E-state index contributed by atoms with van der Waals surface area (Å²) in [6, 6.07) is 10.9. The van der Waals surface area contributed by atoms with E-state index in [0.717, 1.165) is 36.8 Å². The predicted octanol–water partition coefficient (Wildman–Crippen LogP) is 4.41. The summed E-state index contributed by atoms with van der Waals surface area (Å²) in [6.45, 7) is 0. The summed E-state index contributed by atoms with van der Waals surface area (Å²) in [7, 11) is 0. The van der Waals surface area contributed by atoms with E-state index < -0.39 is 0 Å². The van der Waals surface area contributed by atoms with Crippen molar-refractivity contribution in [1.82, 2.24) is 0 Å². The summed E-state index contributed by atoms with van der Waals surface area (Å²) in [5.74, 6) is 0.960. The Morgan fingerprint density at radius 3 is 2.50 bits per heavy atom. The van der Waals surface area contributed by atoms with Gasteiger partial charge in [0.1, 0.15) is 11.5 Å².